The Morgan fingerprint density at radius 2 is 2.24 bits per heavy atom. The molecule has 2 unspecified atom stereocenters. The Hall–Kier alpha value is -1.16. The van der Waals surface area contributed by atoms with Gasteiger partial charge in [0, 0.05) is 12.1 Å². The second-order valence-corrected chi connectivity index (χ2v) is 4.74. The van der Waals surface area contributed by atoms with Crippen molar-refractivity contribution in [1.29, 1.82) is 0 Å². The van der Waals surface area contributed by atoms with Crippen molar-refractivity contribution >= 4 is 0 Å². The van der Waals surface area contributed by atoms with Gasteiger partial charge >= 0.3 is 0 Å². The fourth-order valence-corrected chi connectivity index (χ4v) is 2.32. The minimum absolute atomic E-state index is 0.187. The van der Waals surface area contributed by atoms with Gasteiger partial charge in [-0.15, -0.1) is 0 Å². The predicted octanol–water partition coefficient (Wildman–Crippen LogP) is 2.64. The van der Waals surface area contributed by atoms with E-state index < -0.39 is 0 Å². The summed E-state index contributed by atoms with van der Waals surface area (Å²) in [5.41, 5.74) is 6.21. The van der Waals surface area contributed by atoms with Crippen molar-refractivity contribution in [2.45, 2.75) is 45.3 Å². The predicted molar refractivity (Wildman–Crippen MR) is 64.1 cm³/mol. The smallest absolute Gasteiger partial charge is 0.218 e. The Morgan fingerprint density at radius 3 is 2.94 bits per heavy atom. The summed E-state index contributed by atoms with van der Waals surface area (Å²) in [4.78, 5) is 4.00. The first-order valence-corrected chi connectivity index (χ1v) is 6.22. The lowest BCUT2D eigenvalue weighted by Crippen LogP contribution is -2.29. The monoisotopic (exact) mass is 238 g/mol. The summed E-state index contributed by atoms with van der Waals surface area (Å²) in [6.07, 6.45) is 6.05. The molecule has 1 heterocycles. The number of ether oxygens (including phenoxy) is 1. The molecular weight excluding hydrogens is 219 g/mol. The Balaban J connectivity index is 2.11. The molecule has 3 nitrogen and oxygen atoms in total. The summed E-state index contributed by atoms with van der Waals surface area (Å²) in [6, 6.07) is 1.40. The van der Waals surface area contributed by atoms with E-state index in [0.29, 0.717) is 17.4 Å². The van der Waals surface area contributed by atoms with E-state index in [1.54, 1.807) is 0 Å². The zero-order valence-electron chi connectivity index (χ0n) is 10.2. The molecule has 2 N–H and O–H groups in total. The molecule has 17 heavy (non-hydrogen) atoms. The van der Waals surface area contributed by atoms with Crippen molar-refractivity contribution in [2.75, 3.05) is 0 Å². The molecule has 1 aromatic rings. The van der Waals surface area contributed by atoms with Crippen molar-refractivity contribution < 1.29 is 9.13 Å². The van der Waals surface area contributed by atoms with Crippen LogP contribution in [0.15, 0.2) is 12.3 Å². The van der Waals surface area contributed by atoms with Crippen molar-refractivity contribution in [3.63, 3.8) is 0 Å². The summed E-state index contributed by atoms with van der Waals surface area (Å²) in [7, 11) is 0. The van der Waals surface area contributed by atoms with Gasteiger partial charge in [-0.05, 0) is 31.2 Å². The van der Waals surface area contributed by atoms with E-state index in [1.807, 2.05) is 0 Å². The number of halogens is 1. The maximum absolute atomic E-state index is 13.0. The summed E-state index contributed by atoms with van der Waals surface area (Å²) < 4.78 is 18.9. The molecule has 0 saturated heterocycles. The van der Waals surface area contributed by atoms with Crippen LogP contribution in [0.4, 0.5) is 4.39 Å². The summed E-state index contributed by atoms with van der Waals surface area (Å²) >= 11 is 0. The molecule has 1 fully saturated rings. The van der Waals surface area contributed by atoms with E-state index in [9.17, 15) is 4.39 Å². The van der Waals surface area contributed by atoms with Gasteiger partial charge in [-0.1, -0.05) is 13.3 Å². The van der Waals surface area contributed by atoms with Gasteiger partial charge in [-0.2, -0.15) is 0 Å². The Bertz CT molecular complexity index is 384. The molecule has 0 spiro atoms. The third-order valence-corrected chi connectivity index (χ3v) is 3.41. The summed E-state index contributed by atoms with van der Waals surface area (Å²) in [5.74, 6) is 0.656. The van der Waals surface area contributed by atoms with Gasteiger partial charge in [0.25, 0.3) is 0 Å². The minimum Gasteiger partial charge on any atom is -0.474 e. The lowest BCUT2D eigenvalue weighted by atomic mass is 9.88. The van der Waals surface area contributed by atoms with Crippen molar-refractivity contribution in [3.05, 3.63) is 23.6 Å². The number of pyridine rings is 1. The molecule has 0 aliphatic heterocycles. The third-order valence-electron chi connectivity index (χ3n) is 3.41. The lowest BCUT2D eigenvalue weighted by molar-refractivity contribution is 0.0962. The van der Waals surface area contributed by atoms with Gasteiger partial charge in [0.15, 0.2) is 0 Å². The topological polar surface area (TPSA) is 48.1 Å². The van der Waals surface area contributed by atoms with Crippen LogP contribution in [0.25, 0.3) is 0 Å². The number of hydrogen-bond acceptors (Lipinski definition) is 3. The molecule has 1 aromatic heterocycles. The first kappa shape index (κ1) is 12.3. The average molecular weight is 238 g/mol. The molecular formula is C13H19FN2O. The number of hydrogen-bond donors (Lipinski definition) is 1. The van der Waals surface area contributed by atoms with E-state index in [2.05, 4.69) is 11.9 Å². The SMILES string of the molecule is CC1CCCCC1Oc1ncc(F)cc1CN. The van der Waals surface area contributed by atoms with Crippen LogP contribution in [-0.4, -0.2) is 11.1 Å². The van der Waals surface area contributed by atoms with Gasteiger partial charge in [-0.25, -0.2) is 9.37 Å². The number of aromatic nitrogens is 1. The van der Waals surface area contributed by atoms with Crippen LogP contribution in [-0.2, 0) is 6.54 Å². The lowest BCUT2D eigenvalue weighted by Gasteiger charge is -2.29. The molecule has 0 aromatic carbocycles. The minimum atomic E-state index is -0.366. The average Bonchev–Trinajstić information content (AvgIpc) is 2.34. The van der Waals surface area contributed by atoms with Gasteiger partial charge in [-0.3, -0.25) is 0 Å². The van der Waals surface area contributed by atoms with E-state index in [-0.39, 0.29) is 18.5 Å². The molecule has 2 atom stereocenters. The molecule has 0 amide bonds. The molecule has 2 rings (SSSR count). The second-order valence-electron chi connectivity index (χ2n) is 4.74. The van der Waals surface area contributed by atoms with E-state index in [4.69, 9.17) is 10.5 Å². The Labute approximate surface area is 101 Å². The fourth-order valence-electron chi connectivity index (χ4n) is 2.32. The van der Waals surface area contributed by atoms with Gasteiger partial charge in [0.05, 0.1) is 6.20 Å². The highest BCUT2D eigenvalue weighted by molar-refractivity contribution is 5.26. The highest BCUT2D eigenvalue weighted by Crippen LogP contribution is 2.28. The molecule has 1 saturated carbocycles. The van der Waals surface area contributed by atoms with Crippen LogP contribution in [0.2, 0.25) is 0 Å². The quantitative estimate of drug-likeness (QED) is 0.880. The number of rotatable bonds is 3. The Kier molecular flexibility index (Phi) is 3.94. The van der Waals surface area contributed by atoms with Crippen molar-refractivity contribution in [2.24, 2.45) is 11.7 Å². The highest BCUT2D eigenvalue weighted by atomic mass is 19.1. The molecule has 0 bridgehead atoms. The van der Waals surface area contributed by atoms with Crippen LogP contribution >= 0.6 is 0 Å². The standard InChI is InChI=1S/C13H19FN2O/c1-9-4-2-3-5-12(9)17-13-10(7-15)6-11(14)8-16-13/h6,8-9,12H,2-5,7,15H2,1H3. The van der Waals surface area contributed by atoms with Crippen LogP contribution in [0.5, 0.6) is 5.88 Å². The maximum atomic E-state index is 13.0. The molecule has 0 radical (unpaired) electrons. The largest absolute Gasteiger partial charge is 0.474 e. The first-order chi connectivity index (χ1) is 8.20. The second kappa shape index (κ2) is 5.45. The van der Waals surface area contributed by atoms with Crippen LogP contribution < -0.4 is 10.5 Å². The zero-order valence-corrected chi connectivity index (χ0v) is 10.2. The summed E-state index contributed by atoms with van der Waals surface area (Å²) in [5, 5.41) is 0. The maximum Gasteiger partial charge on any atom is 0.218 e. The summed E-state index contributed by atoms with van der Waals surface area (Å²) in [6.45, 7) is 2.44. The Morgan fingerprint density at radius 1 is 1.47 bits per heavy atom. The zero-order chi connectivity index (χ0) is 12.3. The van der Waals surface area contributed by atoms with Crippen LogP contribution in [0.1, 0.15) is 38.2 Å². The number of nitrogens with zero attached hydrogens (tertiary/aromatic N) is 1. The van der Waals surface area contributed by atoms with E-state index in [0.717, 1.165) is 6.42 Å². The van der Waals surface area contributed by atoms with Crippen molar-refractivity contribution in [3.8, 4) is 5.88 Å². The molecule has 1 aliphatic rings. The van der Waals surface area contributed by atoms with Crippen LogP contribution in [0.3, 0.4) is 0 Å². The van der Waals surface area contributed by atoms with Gasteiger partial charge < -0.3 is 10.5 Å². The molecule has 4 heteroatoms. The van der Waals surface area contributed by atoms with Crippen LogP contribution in [0, 0.1) is 11.7 Å². The normalized spacial score (nSPS) is 24.6. The van der Waals surface area contributed by atoms with E-state index in [1.165, 1.54) is 31.5 Å². The van der Waals surface area contributed by atoms with Gasteiger partial charge in [0.2, 0.25) is 5.88 Å². The van der Waals surface area contributed by atoms with E-state index >= 15 is 0 Å². The van der Waals surface area contributed by atoms with Crippen molar-refractivity contribution in [1.82, 2.24) is 4.98 Å². The van der Waals surface area contributed by atoms with Gasteiger partial charge in [0.1, 0.15) is 11.9 Å². The third kappa shape index (κ3) is 2.94. The molecule has 1 aliphatic carbocycles. The number of nitrogens with two attached hydrogens (primary N) is 1. The first-order valence-electron chi connectivity index (χ1n) is 6.22. The highest BCUT2D eigenvalue weighted by Gasteiger charge is 2.24. The fraction of sp³-hybridized carbons (Fsp3) is 0.615. The molecule has 94 valence electrons.